The fourth-order valence-corrected chi connectivity index (χ4v) is 2.68. The topological polar surface area (TPSA) is 105 Å². The number of hydrogen-bond donors (Lipinski definition) is 2. The van der Waals surface area contributed by atoms with Crippen LogP contribution in [0.1, 0.15) is 22.8 Å². The number of ether oxygens (including phenoxy) is 2. The van der Waals surface area contributed by atoms with Gasteiger partial charge in [-0.15, -0.1) is 0 Å². The van der Waals surface area contributed by atoms with E-state index in [0.717, 1.165) is 5.01 Å². The van der Waals surface area contributed by atoms with E-state index in [0.29, 0.717) is 11.3 Å². The lowest BCUT2D eigenvalue weighted by atomic mass is 10.1. The zero-order valence-electron chi connectivity index (χ0n) is 15.3. The predicted molar refractivity (Wildman–Crippen MR) is 101 cm³/mol. The quantitative estimate of drug-likeness (QED) is 0.466. The molecule has 0 atom stereocenters. The lowest BCUT2D eigenvalue weighted by molar-refractivity contribution is -0.117. The molecule has 1 heterocycles. The highest BCUT2D eigenvalue weighted by molar-refractivity contribution is 6.31. The number of carbonyl (C=O) groups excluding carboxylic acids is 3. The smallest absolute Gasteiger partial charge is 0.338 e. The van der Waals surface area contributed by atoms with Crippen molar-refractivity contribution in [3.63, 3.8) is 0 Å². The first-order valence-electron chi connectivity index (χ1n) is 8.46. The average Bonchev–Trinajstić information content (AvgIpc) is 2.98. The van der Waals surface area contributed by atoms with Gasteiger partial charge < -0.3 is 14.6 Å². The van der Waals surface area contributed by atoms with Gasteiger partial charge in [0.2, 0.25) is 0 Å². The highest BCUT2D eigenvalue weighted by atomic mass is 16.5. The minimum atomic E-state index is -0.610. The van der Waals surface area contributed by atoms with Crippen molar-refractivity contribution in [2.24, 2.45) is 0 Å². The van der Waals surface area contributed by atoms with E-state index >= 15 is 0 Å². The zero-order valence-corrected chi connectivity index (χ0v) is 15.3. The second kappa shape index (κ2) is 7.83. The van der Waals surface area contributed by atoms with Crippen LogP contribution in [0.3, 0.4) is 0 Å². The average molecular weight is 382 g/mol. The Morgan fingerprint density at radius 2 is 1.89 bits per heavy atom. The Kier molecular flexibility index (Phi) is 5.30. The fourth-order valence-electron chi connectivity index (χ4n) is 2.68. The molecule has 2 aromatic rings. The van der Waals surface area contributed by atoms with Crippen LogP contribution in [0.4, 0.5) is 5.69 Å². The van der Waals surface area contributed by atoms with Crippen LogP contribution in [0, 0.1) is 0 Å². The van der Waals surface area contributed by atoms with E-state index in [1.807, 2.05) is 0 Å². The summed E-state index contributed by atoms with van der Waals surface area (Å²) in [5, 5.41) is 11.2. The van der Waals surface area contributed by atoms with Crippen LogP contribution in [0.15, 0.2) is 48.0 Å². The van der Waals surface area contributed by atoms with Crippen molar-refractivity contribution in [1.29, 1.82) is 0 Å². The summed E-state index contributed by atoms with van der Waals surface area (Å²) in [4.78, 5) is 36.7. The van der Waals surface area contributed by atoms with E-state index in [4.69, 9.17) is 9.47 Å². The van der Waals surface area contributed by atoms with E-state index in [2.05, 4.69) is 5.43 Å². The highest BCUT2D eigenvalue weighted by Gasteiger charge is 2.34. The molecule has 8 heteroatoms. The Morgan fingerprint density at radius 3 is 2.54 bits per heavy atom. The zero-order chi connectivity index (χ0) is 20.3. The summed E-state index contributed by atoms with van der Waals surface area (Å²) < 4.78 is 9.94. The van der Waals surface area contributed by atoms with E-state index in [-0.39, 0.29) is 29.2 Å². The maximum Gasteiger partial charge on any atom is 0.338 e. The van der Waals surface area contributed by atoms with E-state index in [1.165, 1.54) is 37.5 Å². The Balaban J connectivity index is 1.87. The Labute approximate surface area is 160 Å². The number of amides is 2. The van der Waals surface area contributed by atoms with Crippen molar-refractivity contribution in [3.8, 4) is 11.5 Å². The number of nitrogens with one attached hydrogen (secondary N) is 1. The van der Waals surface area contributed by atoms with Gasteiger partial charge in [-0.2, -0.15) is 0 Å². The fraction of sp³-hybridized carbons (Fsp3) is 0.150. The Hall–Kier alpha value is -3.81. The Morgan fingerprint density at radius 1 is 1.18 bits per heavy atom. The maximum atomic E-state index is 12.7. The first-order valence-corrected chi connectivity index (χ1v) is 8.46. The number of carbonyl (C=O) groups is 3. The monoisotopic (exact) mass is 382 g/mol. The second-order valence-corrected chi connectivity index (χ2v) is 5.80. The third-order valence-corrected chi connectivity index (χ3v) is 4.08. The second-order valence-electron chi connectivity index (χ2n) is 5.80. The van der Waals surface area contributed by atoms with Gasteiger partial charge >= 0.3 is 5.97 Å². The molecule has 0 spiro atoms. The molecule has 2 aromatic carbocycles. The number of aromatic hydroxyl groups is 1. The Bertz CT molecular complexity index is 965. The summed E-state index contributed by atoms with van der Waals surface area (Å²) in [5.74, 6) is -1.61. The molecule has 144 valence electrons. The molecule has 0 unspecified atom stereocenters. The molecular weight excluding hydrogens is 364 g/mol. The van der Waals surface area contributed by atoms with Crippen molar-refractivity contribution in [2.45, 2.75) is 6.92 Å². The van der Waals surface area contributed by atoms with Crippen LogP contribution < -0.4 is 15.2 Å². The van der Waals surface area contributed by atoms with Gasteiger partial charge in [-0.3, -0.25) is 15.0 Å². The molecule has 3 rings (SSSR count). The minimum Gasteiger partial charge on any atom is -0.504 e. The molecule has 0 aromatic heterocycles. The van der Waals surface area contributed by atoms with Crippen LogP contribution in [-0.2, 0) is 14.3 Å². The van der Waals surface area contributed by atoms with Crippen molar-refractivity contribution in [2.75, 3.05) is 18.7 Å². The first-order chi connectivity index (χ1) is 13.5. The van der Waals surface area contributed by atoms with Crippen molar-refractivity contribution < 1.29 is 29.0 Å². The van der Waals surface area contributed by atoms with Gasteiger partial charge in [0, 0.05) is 5.56 Å². The van der Waals surface area contributed by atoms with Gasteiger partial charge in [-0.1, -0.05) is 12.1 Å². The lowest BCUT2D eigenvalue weighted by Crippen LogP contribution is -2.35. The third kappa shape index (κ3) is 3.52. The molecular formula is C20H18N2O6. The molecule has 2 N–H and O–H groups in total. The number of hydrazine groups is 1. The number of nitrogens with zero attached hydrogens (tertiary/aromatic N) is 1. The molecule has 2 amide bonds. The van der Waals surface area contributed by atoms with Crippen LogP contribution >= 0.6 is 0 Å². The van der Waals surface area contributed by atoms with Crippen molar-refractivity contribution in [1.82, 2.24) is 5.43 Å². The van der Waals surface area contributed by atoms with Gasteiger partial charge in [0.05, 0.1) is 25.0 Å². The standard InChI is InChI=1S/C20H18N2O6/c1-3-28-20(26)12-7-9-14(10-8-12)22-19(25)15(18(24)21-22)11-13-5-4-6-16(27-2)17(13)23/h4-11,23H,3H2,1-2H3,(H,21,24)/b15-11+. The highest BCUT2D eigenvalue weighted by Crippen LogP contribution is 2.32. The summed E-state index contributed by atoms with van der Waals surface area (Å²) in [7, 11) is 1.40. The molecule has 8 nitrogen and oxygen atoms in total. The van der Waals surface area contributed by atoms with E-state index in [1.54, 1.807) is 25.1 Å². The van der Waals surface area contributed by atoms with Crippen LogP contribution in [0.25, 0.3) is 6.08 Å². The number of esters is 1. The van der Waals surface area contributed by atoms with Crippen LogP contribution in [0.2, 0.25) is 0 Å². The lowest BCUT2D eigenvalue weighted by Gasteiger charge is -2.14. The van der Waals surface area contributed by atoms with Crippen molar-refractivity contribution >= 4 is 29.5 Å². The van der Waals surface area contributed by atoms with Gasteiger partial charge in [0.15, 0.2) is 11.5 Å². The third-order valence-electron chi connectivity index (χ3n) is 4.08. The number of phenols is 1. The summed E-state index contributed by atoms with van der Waals surface area (Å²) in [6, 6.07) is 10.8. The van der Waals surface area contributed by atoms with Gasteiger partial charge in [-0.25, -0.2) is 9.80 Å². The molecule has 1 fully saturated rings. The molecule has 0 bridgehead atoms. The summed E-state index contributed by atoms with van der Waals surface area (Å²) in [6.07, 6.45) is 1.29. The molecule has 0 saturated carbocycles. The van der Waals surface area contributed by atoms with Crippen LogP contribution in [-0.4, -0.2) is 36.6 Å². The summed E-state index contributed by atoms with van der Waals surface area (Å²) in [5.41, 5.74) is 3.31. The SMILES string of the molecule is CCOC(=O)c1ccc(N2NC(=O)/C(=C\c3cccc(OC)c3O)C2=O)cc1. The number of rotatable bonds is 5. The van der Waals surface area contributed by atoms with Gasteiger partial charge in [0.1, 0.15) is 5.57 Å². The number of hydrogen-bond acceptors (Lipinski definition) is 6. The van der Waals surface area contributed by atoms with Gasteiger partial charge in [0.25, 0.3) is 11.8 Å². The summed E-state index contributed by atoms with van der Waals surface area (Å²) in [6.45, 7) is 1.96. The number of para-hydroxylation sites is 1. The normalized spacial score (nSPS) is 14.9. The molecule has 28 heavy (non-hydrogen) atoms. The van der Waals surface area contributed by atoms with E-state index < -0.39 is 17.8 Å². The maximum absolute atomic E-state index is 12.7. The number of benzene rings is 2. The molecule has 0 radical (unpaired) electrons. The predicted octanol–water partition coefficient (Wildman–Crippen LogP) is 2.04. The molecule has 1 aliphatic heterocycles. The van der Waals surface area contributed by atoms with E-state index in [9.17, 15) is 19.5 Å². The van der Waals surface area contributed by atoms with Gasteiger partial charge in [-0.05, 0) is 43.3 Å². The number of methoxy groups -OCH3 is 1. The molecule has 0 aliphatic carbocycles. The molecule has 1 aliphatic rings. The summed E-state index contributed by atoms with van der Waals surface area (Å²) >= 11 is 0. The van der Waals surface area contributed by atoms with Crippen LogP contribution in [0.5, 0.6) is 11.5 Å². The number of phenolic OH excluding ortho intramolecular Hbond substituents is 1. The number of anilines is 1. The molecule has 1 saturated heterocycles. The minimum absolute atomic E-state index is 0.141. The largest absolute Gasteiger partial charge is 0.504 e. The van der Waals surface area contributed by atoms with Crippen molar-refractivity contribution in [3.05, 3.63) is 59.2 Å². The first kappa shape index (κ1) is 19.0.